The van der Waals surface area contributed by atoms with Crippen LogP contribution in [0.3, 0.4) is 0 Å². The Morgan fingerprint density at radius 1 is 1.22 bits per heavy atom. The molecule has 1 aliphatic heterocycles. The Bertz CT molecular complexity index is 766. The predicted molar refractivity (Wildman–Crippen MR) is 87.0 cm³/mol. The molecule has 5 heteroatoms. The highest BCUT2D eigenvalue weighted by Gasteiger charge is 2.29. The highest BCUT2D eigenvalue weighted by molar-refractivity contribution is 6.06. The highest BCUT2D eigenvalue weighted by atomic mass is 19.1. The average Bonchev–Trinajstić information content (AvgIpc) is 3.01. The molecule has 2 aromatic rings. The van der Waals surface area contributed by atoms with Crippen LogP contribution in [0.25, 0.3) is 0 Å². The lowest BCUT2D eigenvalue weighted by atomic mass is 10.0. The molecular weight excluding hydrogens is 295 g/mol. The molecule has 0 saturated heterocycles. The molecular formula is C18H17FN2O2. The summed E-state index contributed by atoms with van der Waals surface area (Å²) in [6, 6.07) is 11.9. The van der Waals surface area contributed by atoms with Crippen molar-refractivity contribution in [3.8, 4) is 0 Å². The molecule has 0 spiro atoms. The summed E-state index contributed by atoms with van der Waals surface area (Å²) in [7, 11) is 0. The lowest BCUT2D eigenvalue weighted by Gasteiger charge is -2.13. The molecule has 2 aromatic carbocycles. The van der Waals surface area contributed by atoms with E-state index in [4.69, 9.17) is 4.84 Å². The summed E-state index contributed by atoms with van der Waals surface area (Å²) in [5.74, 6) is -0.591. The second-order valence-electron chi connectivity index (χ2n) is 5.60. The van der Waals surface area contributed by atoms with Gasteiger partial charge in [0.2, 0.25) is 6.10 Å². The van der Waals surface area contributed by atoms with E-state index in [1.807, 2.05) is 32.0 Å². The predicted octanol–water partition coefficient (Wildman–Crippen LogP) is 3.57. The molecule has 1 N–H and O–H groups in total. The second kappa shape index (κ2) is 6.20. The van der Waals surface area contributed by atoms with Crippen LogP contribution < -0.4 is 5.32 Å². The third kappa shape index (κ3) is 3.23. The number of hydrogen-bond donors (Lipinski definition) is 1. The maximum Gasteiger partial charge on any atom is 0.268 e. The molecule has 1 heterocycles. The van der Waals surface area contributed by atoms with Crippen LogP contribution in [0.15, 0.2) is 47.6 Å². The van der Waals surface area contributed by atoms with E-state index in [2.05, 4.69) is 10.5 Å². The van der Waals surface area contributed by atoms with Gasteiger partial charge in [-0.2, -0.15) is 0 Å². The van der Waals surface area contributed by atoms with Crippen LogP contribution in [-0.4, -0.2) is 17.7 Å². The fourth-order valence-corrected chi connectivity index (χ4v) is 2.57. The van der Waals surface area contributed by atoms with Gasteiger partial charge in [-0.1, -0.05) is 35.5 Å². The van der Waals surface area contributed by atoms with E-state index in [0.717, 1.165) is 16.8 Å². The van der Waals surface area contributed by atoms with Gasteiger partial charge in [0.05, 0.1) is 5.71 Å². The van der Waals surface area contributed by atoms with Crippen LogP contribution in [0.2, 0.25) is 0 Å². The quantitative estimate of drug-likeness (QED) is 0.942. The number of anilines is 1. The summed E-state index contributed by atoms with van der Waals surface area (Å²) in [5.41, 5.74) is 3.98. The first-order valence-corrected chi connectivity index (χ1v) is 7.40. The van der Waals surface area contributed by atoms with Gasteiger partial charge in [-0.05, 0) is 37.1 Å². The van der Waals surface area contributed by atoms with Gasteiger partial charge >= 0.3 is 0 Å². The number of carbonyl (C=O) groups excluding carboxylic acids is 1. The molecule has 0 fully saturated rings. The van der Waals surface area contributed by atoms with Crippen molar-refractivity contribution in [2.75, 3.05) is 5.32 Å². The molecule has 0 aromatic heterocycles. The largest absolute Gasteiger partial charge is 0.382 e. The van der Waals surface area contributed by atoms with Gasteiger partial charge in [-0.25, -0.2) is 4.39 Å². The lowest BCUT2D eigenvalue weighted by Crippen LogP contribution is -2.28. The van der Waals surface area contributed by atoms with Crippen molar-refractivity contribution in [2.45, 2.75) is 26.4 Å². The number of nitrogens with one attached hydrogen (secondary N) is 1. The number of nitrogens with zero attached hydrogens (tertiary/aromatic N) is 1. The SMILES string of the molecule is Cc1cccc(C)c1NC(=O)C1CC(c2cccc(F)c2)=NO1. The monoisotopic (exact) mass is 312 g/mol. The number of benzene rings is 2. The molecule has 0 bridgehead atoms. The summed E-state index contributed by atoms with van der Waals surface area (Å²) in [5, 5.41) is 6.82. The van der Waals surface area contributed by atoms with Crippen molar-refractivity contribution in [1.82, 2.24) is 0 Å². The Kier molecular flexibility index (Phi) is 4.10. The van der Waals surface area contributed by atoms with Gasteiger partial charge in [-0.15, -0.1) is 0 Å². The number of halogens is 1. The maximum atomic E-state index is 13.3. The molecule has 0 aliphatic carbocycles. The van der Waals surface area contributed by atoms with E-state index < -0.39 is 6.10 Å². The Morgan fingerprint density at radius 3 is 2.61 bits per heavy atom. The molecule has 0 saturated carbocycles. The molecule has 23 heavy (non-hydrogen) atoms. The van der Waals surface area contributed by atoms with Crippen molar-refractivity contribution >= 4 is 17.3 Å². The molecule has 3 rings (SSSR count). The Labute approximate surface area is 134 Å². The van der Waals surface area contributed by atoms with E-state index in [0.29, 0.717) is 17.7 Å². The number of carbonyl (C=O) groups is 1. The number of oxime groups is 1. The molecule has 1 unspecified atom stereocenters. The van der Waals surface area contributed by atoms with Crippen molar-refractivity contribution in [1.29, 1.82) is 0 Å². The third-order valence-electron chi connectivity index (χ3n) is 3.85. The van der Waals surface area contributed by atoms with Crippen molar-refractivity contribution in [3.63, 3.8) is 0 Å². The van der Waals surface area contributed by atoms with Gasteiger partial charge in [-0.3, -0.25) is 4.79 Å². The highest BCUT2D eigenvalue weighted by Crippen LogP contribution is 2.22. The first-order chi connectivity index (χ1) is 11.0. The molecule has 1 atom stereocenters. The van der Waals surface area contributed by atoms with Gasteiger partial charge in [0, 0.05) is 17.7 Å². The summed E-state index contributed by atoms with van der Waals surface area (Å²) < 4.78 is 13.3. The standard InChI is InChI=1S/C18H17FN2O2/c1-11-5-3-6-12(2)17(11)20-18(22)16-10-15(21-23-16)13-7-4-8-14(19)9-13/h3-9,16H,10H2,1-2H3,(H,20,22). The number of rotatable bonds is 3. The zero-order chi connectivity index (χ0) is 16.4. The van der Waals surface area contributed by atoms with Crippen molar-refractivity contribution in [2.24, 2.45) is 5.16 Å². The number of hydrogen-bond acceptors (Lipinski definition) is 3. The summed E-state index contributed by atoms with van der Waals surface area (Å²) >= 11 is 0. The molecule has 118 valence electrons. The van der Waals surface area contributed by atoms with E-state index in [-0.39, 0.29) is 11.7 Å². The first-order valence-electron chi connectivity index (χ1n) is 7.40. The molecule has 1 aliphatic rings. The molecule has 4 nitrogen and oxygen atoms in total. The van der Waals surface area contributed by atoms with Gasteiger partial charge in [0.15, 0.2) is 0 Å². The minimum absolute atomic E-state index is 0.252. The first kappa shape index (κ1) is 15.2. The van der Waals surface area contributed by atoms with Crippen molar-refractivity contribution in [3.05, 3.63) is 65.0 Å². The fourth-order valence-electron chi connectivity index (χ4n) is 2.57. The van der Waals surface area contributed by atoms with E-state index in [1.165, 1.54) is 12.1 Å². The summed E-state index contributed by atoms with van der Waals surface area (Å²) in [4.78, 5) is 17.6. The Balaban J connectivity index is 1.69. The number of aryl methyl sites for hydroxylation is 2. The van der Waals surface area contributed by atoms with E-state index >= 15 is 0 Å². The van der Waals surface area contributed by atoms with Crippen LogP contribution in [-0.2, 0) is 9.63 Å². The lowest BCUT2D eigenvalue weighted by molar-refractivity contribution is -0.125. The van der Waals surface area contributed by atoms with Gasteiger partial charge in [0.1, 0.15) is 5.82 Å². The zero-order valence-electron chi connectivity index (χ0n) is 13.0. The second-order valence-corrected chi connectivity index (χ2v) is 5.60. The van der Waals surface area contributed by atoms with Crippen molar-refractivity contribution < 1.29 is 14.0 Å². The molecule has 0 radical (unpaired) electrons. The van der Waals surface area contributed by atoms with E-state index in [9.17, 15) is 9.18 Å². The van der Waals surface area contributed by atoms with E-state index in [1.54, 1.807) is 12.1 Å². The smallest absolute Gasteiger partial charge is 0.268 e. The Hall–Kier alpha value is -2.69. The summed E-state index contributed by atoms with van der Waals surface area (Å²) in [6.45, 7) is 3.87. The number of amides is 1. The maximum absolute atomic E-state index is 13.3. The normalized spacial score (nSPS) is 16.7. The average molecular weight is 312 g/mol. The zero-order valence-corrected chi connectivity index (χ0v) is 13.0. The van der Waals surface area contributed by atoms with Crippen LogP contribution >= 0.6 is 0 Å². The fraction of sp³-hybridized carbons (Fsp3) is 0.222. The topological polar surface area (TPSA) is 50.7 Å². The van der Waals surface area contributed by atoms with Crippen LogP contribution in [0.4, 0.5) is 10.1 Å². The van der Waals surface area contributed by atoms with Crippen LogP contribution in [0.1, 0.15) is 23.1 Å². The minimum atomic E-state index is -0.702. The number of para-hydroxylation sites is 1. The van der Waals surface area contributed by atoms with Gasteiger partial charge in [0.25, 0.3) is 5.91 Å². The van der Waals surface area contributed by atoms with Gasteiger partial charge < -0.3 is 10.2 Å². The molecule has 1 amide bonds. The minimum Gasteiger partial charge on any atom is -0.382 e. The summed E-state index contributed by atoms with van der Waals surface area (Å²) in [6.07, 6.45) is -0.382. The third-order valence-corrected chi connectivity index (χ3v) is 3.85. The van der Waals surface area contributed by atoms with Crippen LogP contribution in [0.5, 0.6) is 0 Å². The van der Waals surface area contributed by atoms with Crippen LogP contribution in [0, 0.1) is 19.7 Å². The Morgan fingerprint density at radius 2 is 1.91 bits per heavy atom.